The first kappa shape index (κ1) is 9.48. The van der Waals surface area contributed by atoms with Gasteiger partial charge in [-0.3, -0.25) is 0 Å². The Balaban J connectivity index is 2.69. The Morgan fingerprint density at radius 3 is 3.07 bits per heavy atom. The monoisotopic (exact) mass is 256 g/mol. The fraction of sp³-hybridized carbons (Fsp3) is 0.222. The first-order chi connectivity index (χ1) is 6.76. The van der Waals surface area contributed by atoms with Gasteiger partial charge in [0.1, 0.15) is 11.4 Å². The van der Waals surface area contributed by atoms with Crippen molar-refractivity contribution in [1.29, 1.82) is 0 Å². The van der Waals surface area contributed by atoms with E-state index in [1.807, 2.05) is 16.7 Å². The van der Waals surface area contributed by atoms with E-state index in [1.54, 1.807) is 13.3 Å². The summed E-state index contributed by atoms with van der Waals surface area (Å²) >= 11 is 3.37. The van der Waals surface area contributed by atoms with Crippen LogP contribution in [0.25, 0.3) is 5.65 Å². The van der Waals surface area contributed by atoms with E-state index >= 15 is 0 Å². The van der Waals surface area contributed by atoms with Crippen molar-refractivity contribution >= 4 is 21.6 Å². The van der Waals surface area contributed by atoms with Crippen molar-refractivity contribution in [2.45, 2.75) is 6.61 Å². The summed E-state index contributed by atoms with van der Waals surface area (Å²) in [5, 5.41) is 9.03. The lowest BCUT2D eigenvalue weighted by molar-refractivity contribution is 0.275. The third-order valence-electron chi connectivity index (χ3n) is 2.02. The number of rotatable bonds is 2. The average Bonchev–Trinajstić information content (AvgIpc) is 2.58. The molecule has 0 amide bonds. The molecular weight excluding hydrogens is 248 g/mol. The van der Waals surface area contributed by atoms with Crippen LogP contribution >= 0.6 is 15.9 Å². The van der Waals surface area contributed by atoms with Crippen LogP contribution in [0.1, 0.15) is 5.69 Å². The number of fused-ring (bicyclic) bond motifs is 1. The third kappa shape index (κ3) is 1.38. The number of ether oxygens (including phenoxy) is 1. The minimum Gasteiger partial charge on any atom is -0.495 e. The number of halogens is 1. The molecule has 0 spiro atoms. The van der Waals surface area contributed by atoms with Crippen LogP contribution in [0.2, 0.25) is 0 Å². The van der Waals surface area contributed by atoms with E-state index in [0.29, 0.717) is 0 Å². The van der Waals surface area contributed by atoms with Crippen LogP contribution in [0.4, 0.5) is 0 Å². The number of imidazole rings is 1. The summed E-state index contributed by atoms with van der Waals surface area (Å²) in [6.45, 7) is -0.0278. The van der Waals surface area contributed by atoms with Gasteiger partial charge in [0.05, 0.1) is 30.1 Å². The van der Waals surface area contributed by atoms with E-state index in [0.717, 1.165) is 21.6 Å². The Kier molecular flexibility index (Phi) is 2.43. The van der Waals surface area contributed by atoms with Crippen LogP contribution in [0.5, 0.6) is 5.75 Å². The van der Waals surface area contributed by atoms with E-state index in [1.165, 1.54) is 0 Å². The number of pyridine rings is 1. The maximum Gasteiger partial charge on any atom is 0.140 e. The van der Waals surface area contributed by atoms with Crippen LogP contribution in [-0.2, 0) is 6.61 Å². The molecule has 2 rings (SSSR count). The molecule has 0 saturated carbocycles. The van der Waals surface area contributed by atoms with Crippen molar-refractivity contribution in [3.05, 3.63) is 28.6 Å². The predicted molar refractivity (Wildman–Crippen MR) is 55.4 cm³/mol. The maximum absolute atomic E-state index is 9.03. The van der Waals surface area contributed by atoms with Gasteiger partial charge in [-0.25, -0.2) is 4.98 Å². The van der Waals surface area contributed by atoms with E-state index in [9.17, 15) is 0 Å². The minimum absolute atomic E-state index is 0.0278. The van der Waals surface area contributed by atoms with Crippen LogP contribution in [0, 0.1) is 0 Å². The molecule has 0 bridgehead atoms. The molecule has 2 aromatic rings. The number of methoxy groups -OCH3 is 1. The SMILES string of the molecule is COc1cc2ncc(CO)n2cc1Br. The van der Waals surface area contributed by atoms with Gasteiger partial charge in [-0.15, -0.1) is 0 Å². The van der Waals surface area contributed by atoms with Crippen molar-refractivity contribution in [1.82, 2.24) is 9.38 Å². The molecule has 0 atom stereocenters. The van der Waals surface area contributed by atoms with Crippen LogP contribution in [0.15, 0.2) is 22.9 Å². The normalized spacial score (nSPS) is 10.8. The summed E-state index contributed by atoms with van der Waals surface area (Å²) in [5.41, 5.74) is 1.51. The Labute approximate surface area is 89.3 Å². The zero-order chi connectivity index (χ0) is 10.1. The highest BCUT2D eigenvalue weighted by Crippen LogP contribution is 2.26. The van der Waals surface area contributed by atoms with Gasteiger partial charge >= 0.3 is 0 Å². The molecule has 0 radical (unpaired) electrons. The Hall–Kier alpha value is -1.07. The molecule has 2 heterocycles. The zero-order valence-electron chi connectivity index (χ0n) is 7.57. The van der Waals surface area contributed by atoms with Gasteiger partial charge in [0.25, 0.3) is 0 Å². The maximum atomic E-state index is 9.03. The quantitative estimate of drug-likeness (QED) is 0.888. The third-order valence-corrected chi connectivity index (χ3v) is 2.62. The van der Waals surface area contributed by atoms with Crippen LogP contribution < -0.4 is 4.74 Å². The molecule has 0 fully saturated rings. The summed E-state index contributed by atoms with van der Waals surface area (Å²) < 4.78 is 7.78. The number of aliphatic hydroxyl groups is 1. The summed E-state index contributed by atoms with van der Waals surface area (Å²) in [5.74, 6) is 0.729. The summed E-state index contributed by atoms with van der Waals surface area (Å²) in [4.78, 5) is 4.14. The molecule has 0 aliphatic carbocycles. The summed E-state index contributed by atoms with van der Waals surface area (Å²) in [7, 11) is 1.60. The van der Waals surface area contributed by atoms with Gasteiger partial charge in [0.15, 0.2) is 0 Å². The van der Waals surface area contributed by atoms with Gasteiger partial charge in [-0.05, 0) is 15.9 Å². The molecular formula is C9H9BrN2O2. The van der Waals surface area contributed by atoms with Crippen LogP contribution in [0.3, 0.4) is 0 Å². The average molecular weight is 257 g/mol. The fourth-order valence-electron chi connectivity index (χ4n) is 1.30. The zero-order valence-corrected chi connectivity index (χ0v) is 9.15. The molecule has 74 valence electrons. The number of hydrogen-bond donors (Lipinski definition) is 1. The highest BCUT2D eigenvalue weighted by atomic mass is 79.9. The Morgan fingerprint density at radius 2 is 2.43 bits per heavy atom. The molecule has 0 aliphatic heterocycles. The van der Waals surface area contributed by atoms with E-state index in [4.69, 9.17) is 9.84 Å². The van der Waals surface area contributed by atoms with Gasteiger partial charge in [0.2, 0.25) is 0 Å². The molecule has 0 aliphatic rings. The summed E-state index contributed by atoms with van der Waals surface area (Å²) in [6.07, 6.45) is 3.47. The highest BCUT2D eigenvalue weighted by molar-refractivity contribution is 9.10. The van der Waals surface area contributed by atoms with Crippen molar-refractivity contribution in [3.8, 4) is 5.75 Å². The van der Waals surface area contributed by atoms with Gasteiger partial charge in [-0.1, -0.05) is 0 Å². The number of aliphatic hydroxyl groups excluding tert-OH is 1. The first-order valence-electron chi connectivity index (χ1n) is 4.06. The summed E-state index contributed by atoms with van der Waals surface area (Å²) in [6, 6.07) is 1.81. The topological polar surface area (TPSA) is 46.8 Å². The molecule has 5 heteroatoms. The van der Waals surface area contributed by atoms with Gasteiger partial charge < -0.3 is 14.2 Å². The molecule has 4 nitrogen and oxygen atoms in total. The van der Waals surface area contributed by atoms with E-state index in [-0.39, 0.29) is 6.61 Å². The number of hydrogen-bond acceptors (Lipinski definition) is 3. The number of aromatic nitrogens is 2. The molecule has 14 heavy (non-hydrogen) atoms. The van der Waals surface area contributed by atoms with Crippen LogP contribution in [-0.4, -0.2) is 21.6 Å². The molecule has 0 unspecified atom stereocenters. The molecule has 1 N–H and O–H groups in total. The highest BCUT2D eigenvalue weighted by Gasteiger charge is 2.06. The lowest BCUT2D eigenvalue weighted by atomic mass is 10.4. The second kappa shape index (κ2) is 3.59. The lowest BCUT2D eigenvalue weighted by Crippen LogP contribution is -1.94. The van der Waals surface area contributed by atoms with Crippen molar-refractivity contribution in [2.24, 2.45) is 0 Å². The number of nitrogens with zero attached hydrogens (tertiary/aromatic N) is 2. The van der Waals surface area contributed by atoms with Crippen molar-refractivity contribution in [3.63, 3.8) is 0 Å². The largest absolute Gasteiger partial charge is 0.495 e. The minimum atomic E-state index is -0.0278. The molecule has 0 saturated heterocycles. The second-order valence-corrected chi connectivity index (χ2v) is 3.68. The van der Waals surface area contributed by atoms with Gasteiger partial charge in [0, 0.05) is 12.3 Å². The standard InChI is InChI=1S/C9H9BrN2O2/c1-14-8-2-9-11-3-6(5-13)12(9)4-7(8)10/h2-4,13H,5H2,1H3. The van der Waals surface area contributed by atoms with Crippen molar-refractivity contribution in [2.75, 3.05) is 7.11 Å². The van der Waals surface area contributed by atoms with Crippen molar-refractivity contribution < 1.29 is 9.84 Å². The van der Waals surface area contributed by atoms with E-state index in [2.05, 4.69) is 20.9 Å². The lowest BCUT2D eigenvalue weighted by Gasteiger charge is -2.04. The van der Waals surface area contributed by atoms with Gasteiger partial charge in [-0.2, -0.15) is 0 Å². The Bertz CT molecular complexity index is 467. The smallest absolute Gasteiger partial charge is 0.140 e. The fourth-order valence-corrected chi connectivity index (χ4v) is 1.79. The molecule has 2 aromatic heterocycles. The van der Waals surface area contributed by atoms with E-state index < -0.39 is 0 Å². The molecule has 0 aromatic carbocycles. The predicted octanol–water partition coefficient (Wildman–Crippen LogP) is 1.60. The second-order valence-electron chi connectivity index (χ2n) is 2.83. The first-order valence-corrected chi connectivity index (χ1v) is 4.86. The Morgan fingerprint density at radius 1 is 1.64 bits per heavy atom.